The number of nitrogens with zero attached hydrogens (tertiary/aromatic N) is 2. The molecule has 0 fully saturated rings. The number of ether oxygens (including phenoxy) is 2. The normalized spacial score (nSPS) is 10.5. The summed E-state index contributed by atoms with van der Waals surface area (Å²) in [6, 6.07) is 25.3. The van der Waals surface area contributed by atoms with Gasteiger partial charge in [0.2, 0.25) is 0 Å². The molecule has 32 heavy (non-hydrogen) atoms. The number of carbonyl (C=O) groups excluding carboxylic acids is 1. The summed E-state index contributed by atoms with van der Waals surface area (Å²) in [5.74, 6) is 0.831. The molecule has 0 spiro atoms. The third kappa shape index (κ3) is 5.98. The van der Waals surface area contributed by atoms with Gasteiger partial charge in [0.25, 0.3) is 5.91 Å². The molecular formula is C26H21N3O3. The lowest BCUT2D eigenvalue weighted by atomic mass is 10.1. The van der Waals surface area contributed by atoms with Crippen molar-refractivity contribution in [1.29, 1.82) is 10.5 Å². The number of rotatable bonds is 8. The standard InChI is InChI=1S/C26H21N3O3/c1-2-31-24-13-9-23(10-14-24)29-26(30)22(17-28)15-19-7-11-25(12-8-19)32-18-21-6-4-3-5-20(21)16-27/h3-15H,2,18H2,1H3,(H,29,30)/b22-15-. The second kappa shape index (κ2) is 11.0. The summed E-state index contributed by atoms with van der Waals surface area (Å²) >= 11 is 0. The SMILES string of the molecule is CCOc1ccc(NC(=O)/C(C#N)=C\c2ccc(OCc3ccccc3C#N)cc2)cc1. The van der Waals surface area contributed by atoms with Crippen LogP contribution in [-0.2, 0) is 11.4 Å². The highest BCUT2D eigenvalue weighted by atomic mass is 16.5. The van der Waals surface area contributed by atoms with E-state index in [2.05, 4.69) is 11.4 Å². The molecule has 3 aromatic carbocycles. The van der Waals surface area contributed by atoms with E-state index in [9.17, 15) is 10.1 Å². The molecule has 1 N–H and O–H groups in total. The molecule has 0 unspecified atom stereocenters. The predicted octanol–water partition coefficient (Wildman–Crippen LogP) is 5.08. The van der Waals surface area contributed by atoms with Gasteiger partial charge < -0.3 is 14.8 Å². The van der Waals surface area contributed by atoms with Gasteiger partial charge in [-0.15, -0.1) is 0 Å². The summed E-state index contributed by atoms with van der Waals surface area (Å²) in [4.78, 5) is 12.5. The van der Waals surface area contributed by atoms with Crippen LogP contribution in [0.4, 0.5) is 5.69 Å². The first-order chi connectivity index (χ1) is 15.6. The maximum absolute atomic E-state index is 12.5. The van der Waals surface area contributed by atoms with Gasteiger partial charge in [-0.05, 0) is 61.0 Å². The fraction of sp³-hybridized carbons (Fsp3) is 0.115. The van der Waals surface area contributed by atoms with E-state index in [4.69, 9.17) is 14.7 Å². The molecule has 0 aliphatic carbocycles. The van der Waals surface area contributed by atoms with Crippen molar-refractivity contribution in [2.24, 2.45) is 0 Å². The van der Waals surface area contributed by atoms with Crippen LogP contribution < -0.4 is 14.8 Å². The largest absolute Gasteiger partial charge is 0.494 e. The number of nitrogens with one attached hydrogen (secondary N) is 1. The molecule has 3 aromatic rings. The first kappa shape index (κ1) is 22.1. The number of carbonyl (C=O) groups is 1. The summed E-state index contributed by atoms with van der Waals surface area (Å²) in [5.41, 5.74) is 2.62. The zero-order chi connectivity index (χ0) is 22.8. The van der Waals surface area contributed by atoms with E-state index >= 15 is 0 Å². The fourth-order valence-electron chi connectivity index (χ4n) is 2.89. The van der Waals surface area contributed by atoms with Crippen molar-refractivity contribution in [1.82, 2.24) is 0 Å². The molecule has 0 atom stereocenters. The van der Waals surface area contributed by atoms with Gasteiger partial charge in [0.05, 0.1) is 18.2 Å². The van der Waals surface area contributed by atoms with Crippen LogP contribution in [0.3, 0.4) is 0 Å². The Morgan fingerprint density at radius 1 is 0.938 bits per heavy atom. The van der Waals surface area contributed by atoms with Crippen LogP contribution >= 0.6 is 0 Å². The van der Waals surface area contributed by atoms with E-state index in [1.807, 2.05) is 31.2 Å². The lowest BCUT2D eigenvalue weighted by Crippen LogP contribution is -2.13. The number of hydrogen-bond donors (Lipinski definition) is 1. The fourth-order valence-corrected chi connectivity index (χ4v) is 2.89. The minimum atomic E-state index is -0.495. The molecule has 0 aromatic heterocycles. The van der Waals surface area contributed by atoms with Gasteiger partial charge >= 0.3 is 0 Å². The average Bonchev–Trinajstić information content (AvgIpc) is 2.83. The van der Waals surface area contributed by atoms with Gasteiger partial charge in [0.15, 0.2) is 0 Å². The maximum Gasteiger partial charge on any atom is 0.266 e. The van der Waals surface area contributed by atoms with Crippen LogP contribution in [0.25, 0.3) is 6.08 Å². The Morgan fingerprint density at radius 2 is 1.59 bits per heavy atom. The van der Waals surface area contributed by atoms with Crippen molar-refractivity contribution < 1.29 is 14.3 Å². The molecule has 0 saturated carbocycles. The van der Waals surface area contributed by atoms with Crippen molar-refractivity contribution >= 4 is 17.7 Å². The molecule has 0 aliphatic heterocycles. The quantitative estimate of drug-likeness (QED) is 0.403. The third-order valence-corrected chi connectivity index (χ3v) is 4.51. The minimum absolute atomic E-state index is 0.0181. The van der Waals surface area contributed by atoms with E-state index in [0.717, 1.165) is 5.56 Å². The Kier molecular flexibility index (Phi) is 7.62. The molecule has 6 heteroatoms. The third-order valence-electron chi connectivity index (χ3n) is 4.51. The topological polar surface area (TPSA) is 95.1 Å². The van der Waals surface area contributed by atoms with E-state index in [1.54, 1.807) is 54.6 Å². The second-order valence-corrected chi connectivity index (χ2v) is 6.71. The van der Waals surface area contributed by atoms with Gasteiger partial charge in [-0.3, -0.25) is 4.79 Å². The number of amides is 1. The Bertz CT molecular complexity index is 1180. The number of anilines is 1. The Hall–Kier alpha value is -4.55. The van der Waals surface area contributed by atoms with Crippen molar-refractivity contribution in [3.8, 4) is 23.6 Å². The molecule has 0 radical (unpaired) electrons. The lowest BCUT2D eigenvalue weighted by molar-refractivity contribution is -0.112. The van der Waals surface area contributed by atoms with Crippen LogP contribution in [0.15, 0.2) is 78.4 Å². The lowest BCUT2D eigenvalue weighted by Gasteiger charge is -2.08. The summed E-state index contributed by atoms with van der Waals surface area (Å²) < 4.78 is 11.1. The van der Waals surface area contributed by atoms with Crippen LogP contribution in [0.2, 0.25) is 0 Å². The maximum atomic E-state index is 12.5. The van der Waals surface area contributed by atoms with E-state index in [0.29, 0.717) is 34.9 Å². The van der Waals surface area contributed by atoms with Crippen molar-refractivity contribution in [2.45, 2.75) is 13.5 Å². The minimum Gasteiger partial charge on any atom is -0.494 e. The van der Waals surface area contributed by atoms with Crippen LogP contribution in [-0.4, -0.2) is 12.5 Å². The monoisotopic (exact) mass is 423 g/mol. The van der Waals surface area contributed by atoms with Gasteiger partial charge in [-0.1, -0.05) is 30.3 Å². The van der Waals surface area contributed by atoms with Gasteiger partial charge in [-0.25, -0.2) is 0 Å². The smallest absolute Gasteiger partial charge is 0.266 e. The van der Waals surface area contributed by atoms with Gasteiger partial charge in [0.1, 0.15) is 29.7 Å². The summed E-state index contributed by atoms with van der Waals surface area (Å²) in [6.45, 7) is 2.73. The molecule has 0 bridgehead atoms. The average molecular weight is 423 g/mol. The van der Waals surface area contributed by atoms with Gasteiger partial charge in [0, 0.05) is 11.3 Å². The van der Waals surface area contributed by atoms with Crippen molar-refractivity contribution in [3.63, 3.8) is 0 Å². The summed E-state index contributed by atoms with van der Waals surface area (Å²) in [7, 11) is 0. The predicted molar refractivity (Wildman–Crippen MR) is 122 cm³/mol. The molecule has 158 valence electrons. The zero-order valence-electron chi connectivity index (χ0n) is 17.5. The molecule has 3 rings (SSSR count). The van der Waals surface area contributed by atoms with Crippen LogP contribution in [0, 0.1) is 22.7 Å². The van der Waals surface area contributed by atoms with E-state index in [-0.39, 0.29) is 12.2 Å². The zero-order valence-corrected chi connectivity index (χ0v) is 17.5. The first-order valence-corrected chi connectivity index (χ1v) is 10.00. The highest BCUT2D eigenvalue weighted by Gasteiger charge is 2.10. The highest BCUT2D eigenvalue weighted by Crippen LogP contribution is 2.19. The molecular weight excluding hydrogens is 402 g/mol. The molecule has 6 nitrogen and oxygen atoms in total. The van der Waals surface area contributed by atoms with Crippen LogP contribution in [0.1, 0.15) is 23.6 Å². The van der Waals surface area contributed by atoms with E-state index in [1.165, 1.54) is 6.08 Å². The van der Waals surface area contributed by atoms with Gasteiger partial charge in [-0.2, -0.15) is 10.5 Å². The summed E-state index contributed by atoms with van der Waals surface area (Å²) in [5, 5.41) is 21.3. The molecule has 0 aliphatic rings. The van der Waals surface area contributed by atoms with Crippen molar-refractivity contribution in [2.75, 3.05) is 11.9 Å². The number of benzene rings is 3. The molecule has 1 amide bonds. The van der Waals surface area contributed by atoms with Crippen molar-refractivity contribution in [3.05, 3.63) is 95.1 Å². The Morgan fingerprint density at radius 3 is 2.25 bits per heavy atom. The summed E-state index contributed by atoms with van der Waals surface area (Å²) in [6.07, 6.45) is 1.51. The second-order valence-electron chi connectivity index (χ2n) is 6.71. The number of nitriles is 2. The van der Waals surface area contributed by atoms with Crippen LogP contribution in [0.5, 0.6) is 11.5 Å². The highest BCUT2D eigenvalue weighted by molar-refractivity contribution is 6.09. The number of hydrogen-bond acceptors (Lipinski definition) is 5. The van der Waals surface area contributed by atoms with E-state index < -0.39 is 5.91 Å². The molecule has 0 heterocycles. The Balaban J connectivity index is 1.63. The molecule has 0 saturated heterocycles. The first-order valence-electron chi connectivity index (χ1n) is 10.00. The Labute approximate surface area is 186 Å².